The minimum Gasteiger partial charge on any atom is -0.394 e. The predicted octanol–water partition coefficient (Wildman–Crippen LogP) is 0.807. The van der Waals surface area contributed by atoms with Gasteiger partial charge in [-0.15, -0.1) is 0 Å². The molecule has 0 aliphatic carbocycles. The quantitative estimate of drug-likeness (QED) is 0.727. The van der Waals surface area contributed by atoms with Crippen molar-refractivity contribution >= 4 is 15.9 Å². The molecule has 5 nitrogen and oxygen atoms in total. The fraction of sp³-hybridized carbons (Fsp3) is 0.727. The third kappa shape index (κ3) is 3.28. The van der Waals surface area contributed by atoms with Crippen molar-refractivity contribution in [3.05, 3.63) is 15.9 Å². The highest BCUT2D eigenvalue weighted by Crippen LogP contribution is 2.21. The molecular formula is C11H20BrN3O2. The van der Waals surface area contributed by atoms with E-state index in [2.05, 4.69) is 26.3 Å². The van der Waals surface area contributed by atoms with Gasteiger partial charge >= 0.3 is 0 Å². The molecule has 0 bridgehead atoms. The number of aromatic nitrogens is 2. The van der Waals surface area contributed by atoms with Gasteiger partial charge in [0, 0.05) is 13.1 Å². The van der Waals surface area contributed by atoms with Crippen LogP contribution >= 0.6 is 15.9 Å². The Bertz CT molecular complexity index is 375. The molecule has 3 N–H and O–H groups in total. The van der Waals surface area contributed by atoms with Crippen molar-refractivity contribution in [2.45, 2.75) is 39.4 Å². The topological polar surface area (TPSA) is 70.3 Å². The molecule has 0 spiro atoms. The van der Waals surface area contributed by atoms with Gasteiger partial charge < -0.3 is 15.5 Å². The molecule has 0 fully saturated rings. The van der Waals surface area contributed by atoms with Gasteiger partial charge in [0.2, 0.25) is 0 Å². The van der Waals surface area contributed by atoms with E-state index in [1.807, 2.05) is 18.5 Å². The largest absolute Gasteiger partial charge is 0.394 e. The fourth-order valence-electron chi connectivity index (χ4n) is 1.50. The Labute approximate surface area is 110 Å². The zero-order valence-electron chi connectivity index (χ0n) is 10.5. The van der Waals surface area contributed by atoms with Gasteiger partial charge in [-0.3, -0.25) is 4.68 Å². The van der Waals surface area contributed by atoms with Gasteiger partial charge in [0.1, 0.15) is 0 Å². The molecule has 1 aromatic heterocycles. The summed E-state index contributed by atoms with van der Waals surface area (Å²) >= 11 is 3.51. The number of hydrogen-bond donors (Lipinski definition) is 3. The summed E-state index contributed by atoms with van der Waals surface area (Å²) in [5.74, 6) is 0. The molecule has 0 saturated carbocycles. The van der Waals surface area contributed by atoms with E-state index < -0.39 is 5.54 Å². The van der Waals surface area contributed by atoms with Crippen molar-refractivity contribution in [3.63, 3.8) is 0 Å². The van der Waals surface area contributed by atoms with E-state index >= 15 is 0 Å². The molecule has 98 valence electrons. The van der Waals surface area contributed by atoms with Gasteiger partial charge in [-0.05, 0) is 36.7 Å². The van der Waals surface area contributed by atoms with E-state index in [-0.39, 0.29) is 13.2 Å². The minimum atomic E-state index is -0.670. The minimum absolute atomic E-state index is 0.111. The molecule has 0 atom stereocenters. The molecular weight excluding hydrogens is 286 g/mol. The Morgan fingerprint density at radius 2 is 2.00 bits per heavy atom. The van der Waals surface area contributed by atoms with E-state index in [9.17, 15) is 10.2 Å². The highest BCUT2D eigenvalue weighted by molar-refractivity contribution is 9.10. The fourth-order valence-corrected chi connectivity index (χ4v) is 1.92. The van der Waals surface area contributed by atoms with Gasteiger partial charge in [-0.25, -0.2) is 0 Å². The van der Waals surface area contributed by atoms with Crippen molar-refractivity contribution in [1.82, 2.24) is 15.1 Å². The summed E-state index contributed by atoms with van der Waals surface area (Å²) in [5, 5.41) is 26.0. The Morgan fingerprint density at radius 1 is 1.41 bits per heavy atom. The third-order valence-electron chi connectivity index (χ3n) is 2.83. The second-order valence-electron chi connectivity index (χ2n) is 4.39. The van der Waals surface area contributed by atoms with Crippen LogP contribution in [0.4, 0.5) is 0 Å². The van der Waals surface area contributed by atoms with Crippen molar-refractivity contribution in [1.29, 1.82) is 0 Å². The summed E-state index contributed by atoms with van der Waals surface area (Å²) in [6.45, 7) is 6.86. The molecule has 0 aliphatic heterocycles. The van der Waals surface area contributed by atoms with E-state index in [0.29, 0.717) is 6.54 Å². The number of rotatable bonds is 6. The maximum atomic E-state index is 9.21. The second-order valence-corrected chi connectivity index (χ2v) is 5.19. The molecule has 17 heavy (non-hydrogen) atoms. The Morgan fingerprint density at radius 3 is 2.47 bits per heavy atom. The summed E-state index contributed by atoms with van der Waals surface area (Å²) in [7, 11) is 0. The van der Waals surface area contributed by atoms with Crippen LogP contribution in [0.3, 0.4) is 0 Å². The zero-order chi connectivity index (χ0) is 13.1. The number of aliphatic hydroxyl groups excluding tert-OH is 2. The average molecular weight is 306 g/mol. The molecule has 1 aromatic rings. The SMILES string of the molecule is CCn1nc(C)c(Br)c1CNC(C)(CO)CO. The molecule has 0 unspecified atom stereocenters. The number of nitrogens with zero attached hydrogens (tertiary/aromatic N) is 2. The third-order valence-corrected chi connectivity index (χ3v) is 3.86. The van der Waals surface area contributed by atoms with Crippen LogP contribution in [0.25, 0.3) is 0 Å². The first-order valence-electron chi connectivity index (χ1n) is 5.66. The van der Waals surface area contributed by atoms with Crippen LogP contribution in [0.15, 0.2) is 4.47 Å². The molecule has 0 radical (unpaired) electrons. The van der Waals surface area contributed by atoms with Crippen LogP contribution in [0.2, 0.25) is 0 Å². The molecule has 0 aromatic carbocycles. The lowest BCUT2D eigenvalue weighted by atomic mass is 10.1. The molecule has 0 aliphatic rings. The van der Waals surface area contributed by atoms with Gasteiger partial charge in [-0.2, -0.15) is 5.10 Å². The maximum absolute atomic E-state index is 9.21. The van der Waals surface area contributed by atoms with E-state index in [1.165, 1.54) is 0 Å². The summed E-state index contributed by atoms with van der Waals surface area (Å²) < 4.78 is 2.88. The Balaban J connectivity index is 2.81. The monoisotopic (exact) mass is 305 g/mol. The summed E-state index contributed by atoms with van der Waals surface area (Å²) in [4.78, 5) is 0. The van der Waals surface area contributed by atoms with Crippen molar-refractivity contribution < 1.29 is 10.2 Å². The predicted molar refractivity (Wildman–Crippen MR) is 69.8 cm³/mol. The summed E-state index contributed by atoms with van der Waals surface area (Å²) in [5.41, 5.74) is 1.30. The first-order chi connectivity index (χ1) is 7.97. The molecule has 1 rings (SSSR count). The second kappa shape index (κ2) is 5.95. The Hall–Kier alpha value is -0.430. The number of aryl methyl sites for hydroxylation is 2. The lowest BCUT2D eigenvalue weighted by Gasteiger charge is -2.26. The van der Waals surface area contributed by atoms with Crippen molar-refractivity contribution in [3.8, 4) is 0 Å². The zero-order valence-corrected chi connectivity index (χ0v) is 12.1. The molecule has 6 heteroatoms. The van der Waals surface area contributed by atoms with Crippen LogP contribution in [0, 0.1) is 6.92 Å². The number of halogens is 1. The smallest absolute Gasteiger partial charge is 0.0739 e. The number of nitrogens with one attached hydrogen (secondary N) is 1. The number of aliphatic hydroxyl groups is 2. The number of hydrogen-bond acceptors (Lipinski definition) is 4. The summed E-state index contributed by atoms with van der Waals surface area (Å²) in [6.07, 6.45) is 0. The average Bonchev–Trinajstić information content (AvgIpc) is 2.62. The summed E-state index contributed by atoms with van der Waals surface area (Å²) in [6, 6.07) is 0. The highest BCUT2D eigenvalue weighted by Gasteiger charge is 2.23. The lowest BCUT2D eigenvalue weighted by molar-refractivity contribution is 0.102. The van der Waals surface area contributed by atoms with Gasteiger partial charge in [-0.1, -0.05) is 0 Å². The Kier molecular flexibility index (Phi) is 5.12. The maximum Gasteiger partial charge on any atom is 0.0739 e. The standard InChI is InChI=1S/C11H20BrN3O2/c1-4-15-9(10(12)8(2)14-15)5-13-11(3,6-16)7-17/h13,16-17H,4-7H2,1-3H3. The van der Waals surface area contributed by atoms with E-state index in [0.717, 1.165) is 22.4 Å². The van der Waals surface area contributed by atoms with E-state index in [4.69, 9.17) is 0 Å². The molecule has 0 amide bonds. The molecule has 1 heterocycles. The van der Waals surface area contributed by atoms with E-state index in [1.54, 1.807) is 6.92 Å². The van der Waals surface area contributed by atoms with Crippen LogP contribution in [-0.2, 0) is 13.1 Å². The van der Waals surface area contributed by atoms with Crippen LogP contribution in [0.5, 0.6) is 0 Å². The van der Waals surface area contributed by atoms with Gasteiger partial charge in [0.25, 0.3) is 0 Å². The lowest BCUT2D eigenvalue weighted by Crippen LogP contribution is -2.48. The van der Waals surface area contributed by atoms with Crippen molar-refractivity contribution in [2.75, 3.05) is 13.2 Å². The first kappa shape index (κ1) is 14.6. The highest BCUT2D eigenvalue weighted by atomic mass is 79.9. The normalized spacial score (nSPS) is 12.1. The van der Waals surface area contributed by atoms with Gasteiger partial charge in [0.15, 0.2) is 0 Å². The van der Waals surface area contributed by atoms with Crippen LogP contribution < -0.4 is 5.32 Å². The van der Waals surface area contributed by atoms with Crippen LogP contribution in [-0.4, -0.2) is 38.7 Å². The van der Waals surface area contributed by atoms with Crippen LogP contribution in [0.1, 0.15) is 25.2 Å². The first-order valence-corrected chi connectivity index (χ1v) is 6.45. The van der Waals surface area contributed by atoms with Crippen molar-refractivity contribution in [2.24, 2.45) is 0 Å². The molecule has 0 saturated heterocycles. The van der Waals surface area contributed by atoms with Gasteiger partial charge in [0.05, 0.1) is 34.6 Å².